The van der Waals surface area contributed by atoms with Gasteiger partial charge in [0.2, 0.25) is 0 Å². The molecule has 0 aromatic heterocycles. The van der Waals surface area contributed by atoms with E-state index in [-0.39, 0.29) is 41.8 Å². The third kappa shape index (κ3) is 7.24. The van der Waals surface area contributed by atoms with Crippen LogP contribution in [0.15, 0.2) is 23.2 Å². The van der Waals surface area contributed by atoms with Gasteiger partial charge in [-0.25, -0.2) is 0 Å². The monoisotopic (exact) mass is 452 g/mol. The van der Waals surface area contributed by atoms with Gasteiger partial charge in [0.1, 0.15) is 11.9 Å². The molecule has 0 aromatic rings. The molecule has 0 fully saturated rings. The highest BCUT2D eigenvalue weighted by Gasteiger charge is 2.45. The molecule has 0 unspecified atom stereocenters. The van der Waals surface area contributed by atoms with Gasteiger partial charge in [-0.15, -0.1) is 0 Å². The van der Waals surface area contributed by atoms with Crippen LogP contribution in [-0.4, -0.2) is 45.2 Å². The summed E-state index contributed by atoms with van der Waals surface area (Å²) < 4.78 is 6.44. The van der Waals surface area contributed by atoms with Gasteiger partial charge in [0, 0.05) is 36.9 Å². The van der Waals surface area contributed by atoms with Crippen LogP contribution in [0.5, 0.6) is 0 Å². The van der Waals surface area contributed by atoms with E-state index in [1.165, 1.54) is 0 Å². The Morgan fingerprint density at radius 2 is 1.78 bits per heavy atom. The molecule has 0 aromatic carbocycles. The van der Waals surface area contributed by atoms with Gasteiger partial charge in [-0.3, -0.25) is 4.79 Å². The number of aliphatic hydroxyl groups is 3. The number of unbranched alkanes of at least 4 members (excludes halogenated alkanes) is 3. The molecule has 2 rings (SSSR count). The molecular formula is C26H44O6. The third-order valence-electron chi connectivity index (χ3n) is 7.32. The summed E-state index contributed by atoms with van der Waals surface area (Å²) in [4.78, 5) is 10.7. The number of carboxylic acid groups (broad SMARTS) is 1. The number of carbonyl (C=O) groups is 1. The van der Waals surface area contributed by atoms with Crippen molar-refractivity contribution in [2.24, 2.45) is 23.7 Å². The van der Waals surface area contributed by atoms with Crippen LogP contribution < -0.4 is 0 Å². The number of hydrogen-bond donors (Lipinski definition) is 4. The second kappa shape index (κ2) is 13.2. The van der Waals surface area contributed by atoms with Gasteiger partial charge in [0.25, 0.3) is 0 Å². The highest BCUT2D eigenvalue weighted by atomic mass is 16.5. The molecule has 0 spiro atoms. The van der Waals surface area contributed by atoms with Crippen molar-refractivity contribution < 1.29 is 30.0 Å². The van der Waals surface area contributed by atoms with Crippen molar-refractivity contribution in [3.8, 4) is 0 Å². The molecule has 0 bridgehead atoms. The lowest BCUT2D eigenvalue weighted by atomic mass is 9.65. The van der Waals surface area contributed by atoms with Crippen LogP contribution in [0.4, 0.5) is 0 Å². The smallest absolute Gasteiger partial charge is 0.303 e. The molecule has 5 atom stereocenters. The second-order valence-electron chi connectivity index (χ2n) is 9.80. The Kier molecular flexibility index (Phi) is 11.1. The number of fused-ring (bicyclic) bond motifs is 1. The standard InChI is InChI=1S/C26H44O6/c1-4-10-18(11-5-2)16-32-23-15-22(28)26(31)20-14-21(27)17(3)19(25(20)23)12-8-6-7-9-13-24(29)30/h14,17-19,22-23,25,27-28,31H,4-13,15-16H2,1-3H3,(H,29,30)/t17-,19+,22-,23-,25+/m0/s1. The van der Waals surface area contributed by atoms with Crippen molar-refractivity contribution in [2.45, 2.75) is 104 Å². The zero-order valence-electron chi connectivity index (χ0n) is 20.1. The molecule has 4 N–H and O–H groups in total. The van der Waals surface area contributed by atoms with Crippen LogP contribution in [0, 0.1) is 23.7 Å². The van der Waals surface area contributed by atoms with E-state index in [9.17, 15) is 20.1 Å². The number of allylic oxidation sites excluding steroid dienone is 2. The van der Waals surface area contributed by atoms with Gasteiger partial charge in [0.15, 0.2) is 0 Å². The Hall–Kier alpha value is -1.53. The summed E-state index contributed by atoms with van der Waals surface area (Å²) >= 11 is 0. The van der Waals surface area contributed by atoms with Crippen LogP contribution >= 0.6 is 0 Å². The number of aliphatic hydroxyl groups excluding tert-OH is 3. The first kappa shape index (κ1) is 26.7. The lowest BCUT2D eigenvalue weighted by molar-refractivity contribution is -0.137. The van der Waals surface area contributed by atoms with E-state index in [0.29, 0.717) is 30.9 Å². The first-order valence-electron chi connectivity index (χ1n) is 12.6. The molecule has 0 heterocycles. The van der Waals surface area contributed by atoms with Gasteiger partial charge < -0.3 is 25.2 Å². The van der Waals surface area contributed by atoms with E-state index in [2.05, 4.69) is 13.8 Å². The van der Waals surface area contributed by atoms with Gasteiger partial charge in [0.05, 0.1) is 11.9 Å². The summed E-state index contributed by atoms with van der Waals surface area (Å²) in [5, 5.41) is 40.5. The molecule has 2 aliphatic rings. The van der Waals surface area contributed by atoms with E-state index >= 15 is 0 Å². The Balaban J connectivity index is 2.12. The normalized spacial score (nSPS) is 28.0. The van der Waals surface area contributed by atoms with E-state index in [1.807, 2.05) is 6.92 Å². The SMILES string of the molecule is CCCC(CCC)CO[C@H]1C[C@H](O)C(O)=C2C=C(O)[C@@H](C)[C@@H](CCCCCCC(=O)O)[C@H]21. The number of ether oxygens (including phenoxy) is 1. The minimum Gasteiger partial charge on any atom is -0.512 e. The molecule has 184 valence electrons. The number of carboxylic acids is 1. The Morgan fingerprint density at radius 1 is 1.12 bits per heavy atom. The summed E-state index contributed by atoms with van der Waals surface area (Å²) in [6.45, 7) is 7.06. The van der Waals surface area contributed by atoms with E-state index < -0.39 is 12.1 Å². The molecule has 0 saturated heterocycles. The highest BCUT2D eigenvalue weighted by molar-refractivity contribution is 5.66. The topological polar surface area (TPSA) is 107 Å². The summed E-state index contributed by atoms with van der Waals surface area (Å²) in [6, 6.07) is 0. The molecule has 2 aliphatic carbocycles. The van der Waals surface area contributed by atoms with E-state index in [4.69, 9.17) is 9.84 Å². The average molecular weight is 453 g/mol. The third-order valence-corrected chi connectivity index (χ3v) is 7.32. The maximum atomic E-state index is 10.7. The van der Waals surface area contributed by atoms with E-state index in [0.717, 1.165) is 51.4 Å². The van der Waals surface area contributed by atoms with Crippen molar-refractivity contribution in [1.82, 2.24) is 0 Å². The molecule has 0 aliphatic heterocycles. The van der Waals surface area contributed by atoms with Gasteiger partial charge >= 0.3 is 5.97 Å². The Bertz CT molecular complexity index is 649. The molecule has 0 amide bonds. The number of rotatable bonds is 14. The van der Waals surface area contributed by atoms with E-state index in [1.54, 1.807) is 6.08 Å². The lowest BCUT2D eigenvalue weighted by Crippen LogP contribution is -2.44. The maximum absolute atomic E-state index is 10.7. The molecule has 6 nitrogen and oxygen atoms in total. The first-order chi connectivity index (χ1) is 15.3. The fourth-order valence-electron chi connectivity index (χ4n) is 5.54. The molecule has 6 heteroatoms. The van der Waals surface area contributed by atoms with Gasteiger partial charge in [-0.1, -0.05) is 52.9 Å². The molecule has 0 saturated carbocycles. The average Bonchev–Trinajstić information content (AvgIpc) is 2.74. The summed E-state index contributed by atoms with van der Waals surface area (Å²) in [6.07, 6.45) is 9.88. The van der Waals surface area contributed by atoms with Gasteiger partial charge in [-0.2, -0.15) is 0 Å². The molecular weight excluding hydrogens is 408 g/mol. The van der Waals surface area contributed by atoms with Gasteiger partial charge in [-0.05, 0) is 43.6 Å². The van der Waals surface area contributed by atoms with Crippen LogP contribution in [-0.2, 0) is 9.53 Å². The summed E-state index contributed by atoms with van der Waals surface area (Å²) in [5.41, 5.74) is 0.628. The van der Waals surface area contributed by atoms with Crippen molar-refractivity contribution in [3.63, 3.8) is 0 Å². The fourth-order valence-corrected chi connectivity index (χ4v) is 5.54. The van der Waals surface area contributed by atoms with Crippen LogP contribution in [0.3, 0.4) is 0 Å². The zero-order valence-corrected chi connectivity index (χ0v) is 20.1. The molecule has 32 heavy (non-hydrogen) atoms. The van der Waals surface area contributed by atoms with Crippen molar-refractivity contribution in [1.29, 1.82) is 0 Å². The number of aliphatic carboxylic acids is 1. The van der Waals surface area contributed by atoms with Crippen LogP contribution in [0.1, 0.15) is 91.4 Å². The zero-order chi connectivity index (χ0) is 23.7. The van der Waals surface area contributed by atoms with Crippen molar-refractivity contribution in [2.75, 3.05) is 6.61 Å². The van der Waals surface area contributed by atoms with Crippen LogP contribution in [0.25, 0.3) is 0 Å². The minimum absolute atomic E-state index is 0.0292. The maximum Gasteiger partial charge on any atom is 0.303 e. The summed E-state index contributed by atoms with van der Waals surface area (Å²) in [5.74, 6) is -0.00454. The Morgan fingerprint density at radius 3 is 2.41 bits per heavy atom. The largest absolute Gasteiger partial charge is 0.512 e. The fraction of sp³-hybridized carbons (Fsp3) is 0.808. The van der Waals surface area contributed by atoms with Crippen molar-refractivity contribution >= 4 is 5.97 Å². The van der Waals surface area contributed by atoms with Crippen LogP contribution in [0.2, 0.25) is 0 Å². The number of hydrogen-bond acceptors (Lipinski definition) is 5. The quantitative estimate of drug-likeness (QED) is 0.244. The predicted octanol–water partition coefficient (Wildman–Crippen LogP) is 5.91. The molecule has 0 radical (unpaired) electrons. The highest BCUT2D eigenvalue weighted by Crippen LogP contribution is 2.47. The second-order valence-corrected chi connectivity index (χ2v) is 9.80. The first-order valence-corrected chi connectivity index (χ1v) is 12.6. The Labute approximate surface area is 193 Å². The lowest BCUT2D eigenvalue weighted by Gasteiger charge is -2.44. The van der Waals surface area contributed by atoms with Crippen molar-refractivity contribution in [3.05, 3.63) is 23.2 Å². The predicted molar refractivity (Wildman–Crippen MR) is 126 cm³/mol. The summed E-state index contributed by atoms with van der Waals surface area (Å²) in [7, 11) is 0. The minimum atomic E-state index is -0.962.